The summed E-state index contributed by atoms with van der Waals surface area (Å²) < 4.78 is 10.3. The first-order valence-corrected chi connectivity index (χ1v) is 0.825. The summed E-state index contributed by atoms with van der Waals surface area (Å²) in [4.78, 5) is 8.67. The van der Waals surface area contributed by atoms with Crippen LogP contribution in [-0.2, 0) is 4.79 Å². The van der Waals surface area contributed by atoms with Gasteiger partial charge in [-0.3, -0.25) is 4.79 Å². The van der Waals surface area contributed by atoms with Crippen LogP contribution >= 0.6 is 0 Å². The Labute approximate surface area is 23.4 Å². The van der Waals surface area contributed by atoms with Crippen LogP contribution in [0.25, 0.3) is 0 Å². The molecule has 0 aliphatic carbocycles. The molecular weight excluding hydrogens is 59.0 g/mol. The van der Waals surface area contributed by atoms with Crippen LogP contribution in [0, 0.1) is 0 Å². The number of hydrogen-bond acceptors (Lipinski definition) is 1. The summed E-state index contributed by atoms with van der Waals surface area (Å²) in [5.74, 6) is 0. The topological polar surface area (TPSA) is 17.1 Å². The van der Waals surface area contributed by atoms with Gasteiger partial charge in [0.1, 0.15) is 0 Å². The molecule has 0 amide bonds. The van der Waals surface area contributed by atoms with Crippen LogP contribution in [-0.4, -0.2) is 13.0 Å². The maximum absolute atomic E-state index is 10.3. The van der Waals surface area contributed by atoms with E-state index >= 15 is 0 Å². The molecule has 0 aliphatic rings. The first-order chi connectivity index (χ1) is 1.91. The molecule has 1 radical (unpaired) electrons. The summed E-state index contributed by atoms with van der Waals surface area (Å²) in [7, 11) is 0. The fraction of sp³-hybridized carbons (Fsp3) is 0.500. The highest BCUT2D eigenvalue weighted by molar-refractivity contribution is 5.51. The maximum Gasteiger partial charge on any atom is 0.232 e. The van der Waals surface area contributed by atoms with Gasteiger partial charge in [0, 0.05) is 0 Å². The van der Waals surface area contributed by atoms with E-state index in [1.807, 2.05) is 0 Å². The highest BCUT2D eigenvalue weighted by atomic mass is 19.1. The lowest BCUT2D eigenvalue weighted by molar-refractivity contribution is 0.507. The van der Waals surface area contributed by atoms with Gasteiger partial charge in [-0.15, -0.1) is 0 Å². The summed E-state index contributed by atoms with van der Waals surface area (Å²) >= 11 is 0. The lowest BCUT2D eigenvalue weighted by Gasteiger charge is -1.46. The zero-order valence-electron chi connectivity index (χ0n) is 1.99. The smallest absolute Gasteiger partial charge is 0.232 e. The van der Waals surface area contributed by atoms with E-state index in [1.165, 1.54) is 0 Å². The van der Waals surface area contributed by atoms with Crippen LogP contribution < -0.4 is 0 Å². The van der Waals surface area contributed by atoms with Gasteiger partial charge in [0.05, 0.1) is 0 Å². The molecule has 0 aromatic heterocycles. The SMILES string of the molecule is O=[C]CF. The van der Waals surface area contributed by atoms with E-state index < -0.39 is 6.67 Å². The second-order valence-corrected chi connectivity index (χ2v) is 0.278. The molecule has 1 nitrogen and oxygen atoms in total. The van der Waals surface area contributed by atoms with Gasteiger partial charge in [-0.25, -0.2) is 4.39 Å². The molecule has 0 aliphatic heterocycles. The van der Waals surface area contributed by atoms with Gasteiger partial charge >= 0.3 is 0 Å². The summed E-state index contributed by atoms with van der Waals surface area (Å²) in [6, 6.07) is 0. The van der Waals surface area contributed by atoms with Crippen LogP contribution in [0.5, 0.6) is 0 Å². The number of halogens is 1. The minimum absolute atomic E-state index is 0.986. The fourth-order valence-electron chi connectivity index (χ4n) is 0. The molecular formula is C2H2FO. The van der Waals surface area contributed by atoms with E-state index in [9.17, 15) is 4.39 Å². The molecule has 0 fully saturated rings. The first kappa shape index (κ1) is 3.60. The molecule has 0 aromatic rings. The van der Waals surface area contributed by atoms with Crippen molar-refractivity contribution in [2.75, 3.05) is 6.67 Å². The average molecular weight is 61.0 g/mol. The lowest BCUT2D eigenvalue weighted by Crippen LogP contribution is -1.65. The van der Waals surface area contributed by atoms with Crippen LogP contribution in [0.15, 0.2) is 0 Å². The van der Waals surface area contributed by atoms with E-state index in [2.05, 4.69) is 0 Å². The summed E-state index contributed by atoms with van der Waals surface area (Å²) in [6.45, 7) is -0.986. The quantitative estimate of drug-likeness (QED) is 0.419. The molecule has 0 bridgehead atoms. The van der Waals surface area contributed by atoms with E-state index in [0.29, 0.717) is 0 Å². The highest BCUT2D eigenvalue weighted by Gasteiger charge is 1.60. The minimum Gasteiger partial charge on any atom is -0.288 e. The van der Waals surface area contributed by atoms with Gasteiger partial charge in [0.15, 0.2) is 6.67 Å². The van der Waals surface area contributed by atoms with Crippen molar-refractivity contribution in [3.63, 3.8) is 0 Å². The van der Waals surface area contributed by atoms with Gasteiger partial charge in [0.25, 0.3) is 0 Å². The van der Waals surface area contributed by atoms with Crippen molar-refractivity contribution in [1.29, 1.82) is 0 Å². The van der Waals surface area contributed by atoms with Crippen molar-refractivity contribution in [1.82, 2.24) is 0 Å². The summed E-state index contributed by atoms with van der Waals surface area (Å²) in [6.07, 6.45) is 1.01. The number of rotatable bonds is 1. The zero-order valence-corrected chi connectivity index (χ0v) is 1.99. The second kappa shape index (κ2) is 2.60. The molecule has 0 spiro atoms. The largest absolute Gasteiger partial charge is 0.288 e. The van der Waals surface area contributed by atoms with Crippen LogP contribution in [0.2, 0.25) is 0 Å². The van der Waals surface area contributed by atoms with Crippen molar-refractivity contribution < 1.29 is 9.18 Å². The Balaban J connectivity index is 2.30. The van der Waals surface area contributed by atoms with Gasteiger partial charge in [-0.2, -0.15) is 0 Å². The average Bonchev–Trinajstić information content (AvgIpc) is 1.37. The van der Waals surface area contributed by atoms with Gasteiger partial charge < -0.3 is 0 Å². The summed E-state index contributed by atoms with van der Waals surface area (Å²) in [5, 5.41) is 0. The predicted octanol–water partition coefficient (Wildman–Crippen LogP) is 0.0656. The van der Waals surface area contributed by atoms with E-state index in [-0.39, 0.29) is 0 Å². The summed E-state index contributed by atoms with van der Waals surface area (Å²) in [5.41, 5.74) is 0. The van der Waals surface area contributed by atoms with Crippen molar-refractivity contribution in [2.45, 2.75) is 0 Å². The van der Waals surface area contributed by atoms with E-state index in [0.717, 1.165) is 6.29 Å². The third-order valence-electron chi connectivity index (χ3n) is 0.0546. The second-order valence-electron chi connectivity index (χ2n) is 0.278. The normalized spacial score (nSPS) is 6.25. The molecule has 0 heterocycles. The van der Waals surface area contributed by atoms with Gasteiger partial charge in [0.2, 0.25) is 6.29 Å². The first-order valence-electron chi connectivity index (χ1n) is 0.825. The molecule has 2 heteroatoms. The molecule has 0 rings (SSSR count). The molecule has 0 atom stereocenters. The standard InChI is InChI=1S/C2H2FO/c3-1-2-4/h1H2. The minimum atomic E-state index is -0.986. The van der Waals surface area contributed by atoms with E-state index in [4.69, 9.17) is 4.79 Å². The Morgan fingerprint density at radius 2 is 2.25 bits per heavy atom. The number of alkyl halides is 1. The fourth-order valence-corrected chi connectivity index (χ4v) is 0. The third-order valence-corrected chi connectivity index (χ3v) is 0.0546. The molecule has 4 heavy (non-hydrogen) atoms. The maximum atomic E-state index is 10.3. The zero-order chi connectivity index (χ0) is 3.41. The molecule has 0 saturated carbocycles. The van der Waals surface area contributed by atoms with Crippen molar-refractivity contribution in [3.05, 3.63) is 0 Å². The Hall–Kier alpha value is -0.400. The number of carbonyl (C=O) groups excluding carboxylic acids is 1. The van der Waals surface area contributed by atoms with Crippen LogP contribution in [0.4, 0.5) is 4.39 Å². The molecule has 0 aromatic carbocycles. The van der Waals surface area contributed by atoms with Crippen LogP contribution in [0.3, 0.4) is 0 Å². The number of hydrogen-bond donors (Lipinski definition) is 0. The molecule has 0 unspecified atom stereocenters. The Kier molecular flexibility index (Phi) is 2.34. The van der Waals surface area contributed by atoms with E-state index in [1.54, 1.807) is 0 Å². The Morgan fingerprint density at radius 3 is 2.25 bits per heavy atom. The predicted molar refractivity (Wildman–Crippen MR) is 11.7 cm³/mol. The Bertz CT molecular complexity index is 20.0. The Morgan fingerprint density at radius 1 is 2.00 bits per heavy atom. The highest BCUT2D eigenvalue weighted by Crippen LogP contribution is 1.46. The lowest BCUT2D eigenvalue weighted by atomic mass is 10.9. The molecule has 23 valence electrons. The van der Waals surface area contributed by atoms with Crippen molar-refractivity contribution in [3.8, 4) is 0 Å². The molecule has 0 saturated heterocycles. The monoisotopic (exact) mass is 61.0 g/mol. The molecule has 0 N–H and O–H groups in total. The van der Waals surface area contributed by atoms with Gasteiger partial charge in [-0.05, 0) is 0 Å². The third kappa shape index (κ3) is 1.60. The van der Waals surface area contributed by atoms with Crippen molar-refractivity contribution >= 4 is 6.29 Å². The van der Waals surface area contributed by atoms with Crippen LogP contribution in [0.1, 0.15) is 0 Å². The van der Waals surface area contributed by atoms with Gasteiger partial charge in [-0.1, -0.05) is 0 Å². The van der Waals surface area contributed by atoms with Crippen molar-refractivity contribution in [2.24, 2.45) is 0 Å².